The Hall–Kier alpha value is -1.65. The number of ether oxygens (including phenoxy) is 1. The number of hydrogen-bond donors (Lipinski definition) is 1. The molecule has 0 aliphatic heterocycles. The maximum absolute atomic E-state index is 13.5. The number of halogens is 3. The van der Waals surface area contributed by atoms with E-state index in [0.29, 0.717) is 10.8 Å². The first-order valence-electron chi connectivity index (χ1n) is 6.12. The Labute approximate surface area is 121 Å². The van der Waals surface area contributed by atoms with Crippen LogP contribution in [0.25, 0.3) is 0 Å². The summed E-state index contributed by atoms with van der Waals surface area (Å²) in [6.45, 7) is 0.191. The molecule has 0 aromatic heterocycles. The zero-order valence-electron chi connectivity index (χ0n) is 10.7. The highest BCUT2D eigenvalue weighted by Crippen LogP contribution is 2.17. The first-order valence-corrected chi connectivity index (χ1v) is 6.50. The largest absolute Gasteiger partial charge is 0.492 e. The maximum Gasteiger partial charge on any atom is 0.126 e. The molecule has 0 saturated carbocycles. The van der Waals surface area contributed by atoms with Crippen LogP contribution < -0.4 is 10.5 Å². The molecular weight excluding hydrogens is 284 g/mol. The van der Waals surface area contributed by atoms with Crippen molar-refractivity contribution in [1.82, 2.24) is 0 Å². The Bertz CT molecular complexity index is 592. The minimum absolute atomic E-state index is 0.191. The molecule has 20 heavy (non-hydrogen) atoms. The van der Waals surface area contributed by atoms with Crippen LogP contribution in [-0.2, 0) is 6.42 Å². The second-order valence-corrected chi connectivity index (χ2v) is 4.90. The lowest BCUT2D eigenvalue weighted by Gasteiger charge is -2.14. The molecule has 106 valence electrons. The lowest BCUT2D eigenvalue weighted by Crippen LogP contribution is -2.30. The molecule has 0 fully saturated rings. The summed E-state index contributed by atoms with van der Waals surface area (Å²) in [5.74, 6) is -0.360. The lowest BCUT2D eigenvalue weighted by molar-refractivity contribution is 0.286. The molecule has 2 aromatic carbocycles. The summed E-state index contributed by atoms with van der Waals surface area (Å²) in [5, 5.41) is 0.562. The van der Waals surface area contributed by atoms with Crippen molar-refractivity contribution < 1.29 is 13.5 Å². The van der Waals surface area contributed by atoms with Gasteiger partial charge in [-0.3, -0.25) is 0 Å². The van der Waals surface area contributed by atoms with E-state index in [-0.39, 0.29) is 18.6 Å². The Morgan fingerprint density at radius 1 is 1.15 bits per heavy atom. The Kier molecular flexibility index (Phi) is 4.93. The topological polar surface area (TPSA) is 35.2 Å². The van der Waals surface area contributed by atoms with Crippen molar-refractivity contribution in [3.63, 3.8) is 0 Å². The van der Waals surface area contributed by atoms with Gasteiger partial charge in [-0.15, -0.1) is 0 Å². The molecule has 0 aliphatic rings. The van der Waals surface area contributed by atoms with Crippen LogP contribution in [0.15, 0.2) is 42.5 Å². The van der Waals surface area contributed by atoms with E-state index in [2.05, 4.69) is 0 Å². The molecule has 0 bridgehead atoms. The summed E-state index contributed by atoms with van der Waals surface area (Å²) in [6, 6.07) is 9.78. The molecule has 2 aromatic rings. The molecular formula is C15H14ClF2NO. The van der Waals surface area contributed by atoms with E-state index in [1.165, 1.54) is 0 Å². The molecule has 0 saturated heterocycles. The minimum atomic E-state index is -0.482. The number of benzene rings is 2. The van der Waals surface area contributed by atoms with Crippen LogP contribution in [0.4, 0.5) is 8.78 Å². The molecule has 2 N–H and O–H groups in total. The van der Waals surface area contributed by atoms with Gasteiger partial charge in [0.1, 0.15) is 24.0 Å². The molecule has 5 heteroatoms. The Morgan fingerprint density at radius 2 is 1.95 bits per heavy atom. The molecule has 0 radical (unpaired) electrons. The van der Waals surface area contributed by atoms with Gasteiger partial charge in [0.25, 0.3) is 0 Å². The molecule has 1 unspecified atom stereocenters. The van der Waals surface area contributed by atoms with Gasteiger partial charge in [0, 0.05) is 11.1 Å². The fraction of sp³-hybridized carbons (Fsp3) is 0.200. The molecule has 0 aliphatic carbocycles. The predicted octanol–water partition coefficient (Wildman–Crippen LogP) is 3.57. The van der Waals surface area contributed by atoms with Gasteiger partial charge in [-0.05, 0) is 48.4 Å². The van der Waals surface area contributed by atoms with E-state index in [0.717, 1.165) is 18.2 Å². The van der Waals surface area contributed by atoms with Gasteiger partial charge in [-0.1, -0.05) is 17.7 Å². The highest BCUT2D eigenvalue weighted by Gasteiger charge is 2.10. The van der Waals surface area contributed by atoms with Crippen LogP contribution in [0.3, 0.4) is 0 Å². The third kappa shape index (κ3) is 4.18. The summed E-state index contributed by atoms with van der Waals surface area (Å²) in [7, 11) is 0. The van der Waals surface area contributed by atoms with Gasteiger partial charge in [0.2, 0.25) is 0 Å². The quantitative estimate of drug-likeness (QED) is 0.916. The van der Waals surface area contributed by atoms with E-state index >= 15 is 0 Å². The molecule has 0 amide bonds. The van der Waals surface area contributed by atoms with Gasteiger partial charge in [-0.2, -0.15) is 0 Å². The van der Waals surface area contributed by atoms with Gasteiger partial charge in [0.15, 0.2) is 0 Å². The predicted molar refractivity (Wildman–Crippen MR) is 75.0 cm³/mol. The second-order valence-electron chi connectivity index (χ2n) is 4.47. The van der Waals surface area contributed by atoms with Crippen LogP contribution in [0.1, 0.15) is 5.56 Å². The van der Waals surface area contributed by atoms with Gasteiger partial charge >= 0.3 is 0 Å². The minimum Gasteiger partial charge on any atom is -0.492 e. The summed E-state index contributed by atoms with van der Waals surface area (Å²) in [5.41, 5.74) is 6.11. The fourth-order valence-corrected chi connectivity index (χ4v) is 1.98. The van der Waals surface area contributed by atoms with Gasteiger partial charge < -0.3 is 10.5 Å². The van der Waals surface area contributed by atoms with E-state index < -0.39 is 17.7 Å². The first kappa shape index (κ1) is 14.8. The number of nitrogens with two attached hydrogens (primary N) is 1. The monoisotopic (exact) mass is 297 g/mol. The standard InChI is InChI=1S/C15H14ClF2NO/c16-11-2-1-3-14(8-11)20-9-13(19)7-10-6-12(17)4-5-15(10)18/h1-6,8,13H,7,9,19H2. The van der Waals surface area contributed by atoms with E-state index in [1.54, 1.807) is 24.3 Å². The normalized spacial score (nSPS) is 12.2. The van der Waals surface area contributed by atoms with Crippen molar-refractivity contribution in [1.29, 1.82) is 0 Å². The van der Waals surface area contributed by atoms with E-state index in [1.807, 2.05) is 0 Å². The molecule has 1 atom stereocenters. The Balaban J connectivity index is 1.92. The third-order valence-corrected chi connectivity index (χ3v) is 2.99. The fourth-order valence-electron chi connectivity index (χ4n) is 1.80. The average Bonchev–Trinajstić information content (AvgIpc) is 2.41. The highest BCUT2D eigenvalue weighted by atomic mass is 35.5. The Morgan fingerprint density at radius 3 is 2.70 bits per heavy atom. The van der Waals surface area contributed by atoms with Crippen molar-refractivity contribution in [2.75, 3.05) is 6.61 Å². The highest BCUT2D eigenvalue weighted by molar-refractivity contribution is 6.30. The molecule has 0 heterocycles. The van der Waals surface area contributed by atoms with Crippen LogP contribution in [0.2, 0.25) is 5.02 Å². The van der Waals surface area contributed by atoms with Crippen molar-refractivity contribution in [3.05, 3.63) is 64.7 Å². The van der Waals surface area contributed by atoms with Gasteiger partial charge in [0.05, 0.1) is 0 Å². The van der Waals surface area contributed by atoms with Gasteiger partial charge in [-0.25, -0.2) is 8.78 Å². The van der Waals surface area contributed by atoms with E-state index in [9.17, 15) is 8.78 Å². The smallest absolute Gasteiger partial charge is 0.126 e. The van der Waals surface area contributed by atoms with Crippen LogP contribution in [0, 0.1) is 11.6 Å². The van der Waals surface area contributed by atoms with Crippen molar-refractivity contribution in [3.8, 4) is 5.75 Å². The molecule has 2 nitrogen and oxygen atoms in total. The summed E-state index contributed by atoms with van der Waals surface area (Å²) >= 11 is 5.83. The van der Waals surface area contributed by atoms with Crippen molar-refractivity contribution in [2.45, 2.75) is 12.5 Å². The van der Waals surface area contributed by atoms with E-state index in [4.69, 9.17) is 22.1 Å². The SMILES string of the molecule is NC(COc1cccc(Cl)c1)Cc1cc(F)ccc1F. The third-order valence-electron chi connectivity index (χ3n) is 2.75. The first-order chi connectivity index (χ1) is 9.54. The van der Waals surface area contributed by atoms with Crippen LogP contribution >= 0.6 is 11.6 Å². The van der Waals surface area contributed by atoms with Crippen LogP contribution in [0.5, 0.6) is 5.75 Å². The van der Waals surface area contributed by atoms with Crippen LogP contribution in [-0.4, -0.2) is 12.6 Å². The second kappa shape index (κ2) is 6.68. The average molecular weight is 298 g/mol. The number of hydrogen-bond acceptors (Lipinski definition) is 2. The number of rotatable bonds is 5. The van der Waals surface area contributed by atoms with Crippen molar-refractivity contribution in [2.24, 2.45) is 5.73 Å². The molecule has 0 spiro atoms. The summed E-state index contributed by atoms with van der Waals surface area (Å²) in [4.78, 5) is 0. The maximum atomic E-state index is 13.5. The zero-order chi connectivity index (χ0) is 14.5. The zero-order valence-corrected chi connectivity index (χ0v) is 11.4. The lowest BCUT2D eigenvalue weighted by atomic mass is 10.1. The molecule has 2 rings (SSSR count). The summed E-state index contributed by atoms with van der Waals surface area (Å²) < 4.78 is 32.0. The summed E-state index contributed by atoms with van der Waals surface area (Å²) in [6.07, 6.45) is 0.199. The van der Waals surface area contributed by atoms with Crippen molar-refractivity contribution >= 4 is 11.6 Å².